The molecule has 1 heterocycles. The van der Waals surface area contributed by atoms with Crippen LogP contribution in [0, 0.1) is 23.7 Å². The normalized spacial score (nSPS) is 9.32. The molecule has 0 bridgehead atoms. The fraction of sp³-hybridized carbons (Fsp3) is 0.278. The molecule has 1 aromatic heterocycles. The summed E-state index contributed by atoms with van der Waals surface area (Å²) in [5.74, 6) is 12.6. The van der Waals surface area contributed by atoms with Gasteiger partial charge in [0.15, 0.2) is 0 Å². The Bertz CT molecular complexity index is 662. The number of nitrogens with zero attached hydrogens (tertiary/aromatic N) is 1. The van der Waals surface area contributed by atoms with Crippen molar-refractivity contribution in [2.75, 3.05) is 0 Å². The highest BCUT2D eigenvalue weighted by atomic mass is 14.6. The molecule has 0 fully saturated rings. The summed E-state index contributed by atoms with van der Waals surface area (Å²) in [5, 5.41) is 1.14. The fourth-order valence-corrected chi connectivity index (χ4v) is 1.73. The lowest BCUT2D eigenvalue weighted by atomic mass is 10.1. The van der Waals surface area contributed by atoms with Crippen LogP contribution in [0.5, 0.6) is 0 Å². The number of unbranched alkanes of at least 4 members (excludes halogenated alkanes) is 2. The molecule has 0 aliphatic carbocycles. The standard InChI is InChI=1S/C18H17N/c1-2-3-4-5-6-7-8-11-16-14-17-12-9-10-13-18(17)19-15-16/h9-10,12-15H,2-3,6-7H2,1H3. The zero-order chi connectivity index (χ0) is 13.3. The summed E-state index contributed by atoms with van der Waals surface area (Å²) < 4.78 is 0. The molecule has 0 amide bonds. The van der Waals surface area contributed by atoms with Crippen LogP contribution in [0.15, 0.2) is 36.5 Å². The lowest BCUT2D eigenvalue weighted by Gasteiger charge is -1.96. The highest BCUT2D eigenvalue weighted by molar-refractivity contribution is 5.79. The van der Waals surface area contributed by atoms with E-state index in [9.17, 15) is 0 Å². The lowest BCUT2D eigenvalue weighted by molar-refractivity contribution is 0.979. The molecule has 0 aliphatic heterocycles. The van der Waals surface area contributed by atoms with E-state index in [1.54, 1.807) is 0 Å². The van der Waals surface area contributed by atoms with Crippen LogP contribution in [0.3, 0.4) is 0 Å². The number of rotatable bonds is 2. The first kappa shape index (κ1) is 13.2. The molecule has 0 saturated carbocycles. The Hall–Kier alpha value is -2.25. The van der Waals surface area contributed by atoms with E-state index in [1.807, 2.05) is 24.4 Å². The SMILES string of the molecule is CCCC#CCCC#Cc1cnc2ccccc2c1. The van der Waals surface area contributed by atoms with Gasteiger partial charge in [-0.2, -0.15) is 0 Å². The maximum Gasteiger partial charge on any atom is 0.0702 e. The van der Waals surface area contributed by atoms with Crippen molar-refractivity contribution in [2.24, 2.45) is 0 Å². The van der Waals surface area contributed by atoms with Crippen molar-refractivity contribution in [1.29, 1.82) is 0 Å². The molecule has 94 valence electrons. The zero-order valence-corrected chi connectivity index (χ0v) is 11.2. The molecular weight excluding hydrogens is 230 g/mol. The van der Waals surface area contributed by atoms with Crippen molar-refractivity contribution in [3.05, 3.63) is 42.1 Å². The summed E-state index contributed by atoms with van der Waals surface area (Å²) in [4.78, 5) is 4.39. The first-order valence-corrected chi connectivity index (χ1v) is 6.69. The minimum absolute atomic E-state index is 0.823. The molecule has 2 aromatic rings. The quantitative estimate of drug-likeness (QED) is 0.573. The van der Waals surface area contributed by atoms with Crippen LogP contribution in [0.1, 0.15) is 38.2 Å². The van der Waals surface area contributed by atoms with E-state index in [-0.39, 0.29) is 0 Å². The second-order valence-electron chi connectivity index (χ2n) is 4.32. The average Bonchev–Trinajstić information content (AvgIpc) is 2.46. The molecule has 0 saturated heterocycles. The Morgan fingerprint density at radius 2 is 1.79 bits per heavy atom. The van der Waals surface area contributed by atoms with Gasteiger partial charge in [-0.15, -0.1) is 11.8 Å². The number of pyridine rings is 1. The Balaban J connectivity index is 1.97. The van der Waals surface area contributed by atoms with Gasteiger partial charge in [-0.3, -0.25) is 4.98 Å². The largest absolute Gasteiger partial charge is 0.255 e. The molecule has 1 nitrogen and oxygen atoms in total. The van der Waals surface area contributed by atoms with Crippen LogP contribution in [0.2, 0.25) is 0 Å². The van der Waals surface area contributed by atoms with E-state index < -0.39 is 0 Å². The van der Waals surface area contributed by atoms with Crippen molar-refractivity contribution in [3.63, 3.8) is 0 Å². The van der Waals surface area contributed by atoms with E-state index >= 15 is 0 Å². The lowest BCUT2D eigenvalue weighted by Crippen LogP contribution is -1.81. The molecule has 1 heteroatoms. The second-order valence-corrected chi connectivity index (χ2v) is 4.32. The van der Waals surface area contributed by atoms with Crippen LogP contribution < -0.4 is 0 Å². The minimum atomic E-state index is 0.823. The van der Waals surface area contributed by atoms with Crippen molar-refractivity contribution in [3.8, 4) is 23.7 Å². The third-order valence-electron chi connectivity index (χ3n) is 2.70. The number of hydrogen-bond donors (Lipinski definition) is 0. The van der Waals surface area contributed by atoms with Crippen molar-refractivity contribution in [1.82, 2.24) is 4.98 Å². The Labute approximate surface area is 115 Å². The molecule has 0 aliphatic rings. The summed E-state index contributed by atoms with van der Waals surface area (Å²) >= 11 is 0. The van der Waals surface area contributed by atoms with Gasteiger partial charge in [0.05, 0.1) is 5.52 Å². The van der Waals surface area contributed by atoms with Crippen molar-refractivity contribution in [2.45, 2.75) is 32.6 Å². The number of aromatic nitrogens is 1. The fourth-order valence-electron chi connectivity index (χ4n) is 1.73. The van der Waals surface area contributed by atoms with E-state index in [0.717, 1.165) is 42.1 Å². The van der Waals surface area contributed by atoms with Crippen LogP contribution in [0.25, 0.3) is 10.9 Å². The monoisotopic (exact) mass is 247 g/mol. The van der Waals surface area contributed by atoms with Gasteiger partial charge in [0.1, 0.15) is 0 Å². The molecule has 19 heavy (non-hydrogen) atoms. The Morgan fingerprint density at radius 1 is 1.00 bits per heavy atom. The molecule has 0 unspecified atom stereocenters. The van der Waals surface area contributed by atoms with Crippen LogP contribution >= 0.6 is 0 Å². The molecule has 1 aromatic carbocycles. The summed E-state index contributed by atoms with van der Waals surface area (Å²) in [6.45, 7) is 2.14. The van der Waals surface area contributed by atoms with Crippen LogP contribution in [0.4, 0.5) is 0 Å². The highest BCUT2D eigenvalue weighted by Crippen LogP contribution is 2.11. The third kappa shape index (κ3) is 4.16. The number of para-hydroxylation sites is 1. The van der Waals surface area contributed by atoms with E-state index in [4.69, 9.17) is 0 Å². The Kier molecular flexibility index (Phi) is 5.03. The van der Waals surface area contributed by atoms with Gasteiger partial charge in [0.25, 0.3) is 0 Å². The topological polar surface area (TPSA) is 12.9 Å². The van der Waals surface area contributed by atoms with Crippen LogP contribution in [-0.4, -0.2) is 4.98 Å². The first-order chi connectivity index (χ1) is 9.40. The van der Waals surface area contributed by atoms with Gasteiger partial charge in [-0.05, 0) is 18.6 Å². The third-order valence-corrected chi connectivity index (χ3v) is 2.70. The van der Waals surface area contributed by atoms with Gasteiger partial charge in [0.2, 0.25) is 0 Å². The molecule has 0 radical (unpaired) electrons. The molecular formula is C18H17N. The van der Waals surface area contributed by atoms with Crippen molar-refractivity contribution >= 4 is 10.9 Å². The van der Waals surface area contributed by atoms with Gasteiger partial charge >= 0.3 is 0 Å². The van der Waals surface area contributed by atoms with Gasteiger partial charge < -0.3 is 0 Å². The smallest absolute Gasteiger partial charge is 0.0702 e. The summed E-state index contributed by atoms with van der Waals surface area (Å²) in [6, 6.07) is 10.2. The molecule has 0 atom stereocenters. The summed E-state index contributed by atoms with van der Waals surface area (Å²) in [7, 11) is 0. The van der Waals surface area contributed by atoms with Gasteiger partial charge in [-0.1, -0.05) is 37.0 Å². The maximum absolute atomic E-state index is 4.39. The minimum Gasteiger partial charge on any atom is -0.255 e. The number of hydrogen-bond acceptors (Lipinski definition) is 1. The van der Waals surface area contributed by atoms with Gasteiger partial charge in [-0.25, -0.2) is 0 Å². The average molecular weight is 247 g/mol. The Morgan fingerprint density at radius 3 is 2.68 bits per heavy atom. The van der Waals surface area contributed by atoms with Gasteiger partial charge in [0, 0.05) is 36.4 Å². The zero-order valence-electron chi connectivity index (χ0n) is 11.2. The molecule has 0 spiro atoms. The van der Waals surface area contributed by atoms with Crippen LogP contribution in [-0.2, 0) is 0 Å². The first-order valence-electron chi connectivity index (χ1n) is 6.69. The van der Waals surface area contributed by atoms with E-state index in [1.165, 1.54) is 0 Å². The van der Waals surface area contributed by atoms with E-state index in [0.29, 0.717) is 0 Å². The summed E-state index contributed by atoms with van der Waals surface area (Å²) in [5.41, 5.74) is 1.98. The second kappa shape index (κ2) is 7.24. The molecule has 0 N–H and O–H groups in total. The van der Waals surface area contributed by atoms with E-state index in [2.05, 4.69) is 47.7 Å². The highest BCUT2D eigenvalue weighted by Gasteiger charge is 1.93. The predicted molar refractivity (Wildman–Crippen MR) is 80.5 cm³/mol. The molecule has 2 rings (SSSR count). The summed E-state index contributed by atoms with van der Waals surface area (Å²) in [6.07, 6.45) is 5.62. The number of fused-ring (bicyclic) bond motifs is 1. The van der Waals surface area contributed by atoms with Crippen molar-refractivity contribution < 1.29 is 0 Å². The maximum atomic E-state index is 4.39. The number of benzene rings is 1. The predicted octanol–water partition coefficient (Wildman–Crippen LogP) is 4.17.